The van der Waals surface area contributed by atoms with Crippen LogP contribution in [-0.2, 0) is 0 Å². The molecule has 2 heterocycles. The minimum atomic E-state index is 0.901. The Morgan fingerprint density at radius 3 is 1.49 bits per heavy atom. The minimum absolute atomic E-state index is 0.901. The van der Waals surface area contributed by atoms with E-state index in [0.29, 0.717) is 0 Å². The Hall–Kier alpha value is -8.40. The standard InChI is InChI=1S/C60H40N2O/c1-3-16-41(17-4-1)45-34-39-49(58(40-45)62-56-27-12-8-21-51(56)52-22-9-13-28-57(52)62)43-30-35-46(36-31-43)61(55-26-11-7-20-48(55)42-18-5-2-6-19-42)47-37-32-44(33-38-47)50-24-15-25-54-53-23-10-14-29-59(53)63-60(50)54/h1-40H. The predicted molar refractivity (Wildman–Crippen MR) is 264 cm³/mol. The third-order valence-corrected chi connectivity index (χ3v) is 12.4. The first-order valence-electron chi connectivity index (χ1n) is 21.5. The second-order valence-electron chi connectivity index (χ2n) is 16.1. The van der Waals surface area contributed by atoms with Crippen LogP contribution in [-0.4, -0.2) is 4.57 Å². The zero-order valence-electron chi connectivity index (χ0n) is 34.4. The van der Waals surface area contributed by atoms with Gasteiger partial charge in [0.15, 0.2) is 0 Å². The van der Waals surface area contributed by atoms with Gasteiger partial charge in [-0.25, -0.2) is 0 Å². The maximum absolute atomic E-state index is 6.46. The molecule has 0 amide bonds. The summed E-state index contributed by atoms with van der Waals surface area (Å²) in [4.78, 5) is 2.38. The van der Waals surface area contributed by atoms with Crippen molar-refractivity contribution in [1.82, 2.24) is 4.57 Å². The van der Waals surface area contributed by atoms with Gasteiger partial charge in [-0.05, 0) is 82.4 Å². The Kier molecular flexibility index (Phi) is 8.83. The average molecular weight is 805 g/mol. The van der Waals surface area contributed by atoms with Gasteiger partial charge in [-0.15, -0.1) is 0 Å². The van der Waals surface area contributed by atoms with Crippen LogP contribution in [0.1, 0.15) is 0 Å². The van der Waals surface area contributed by atoms with Gasteiger partial charge >= 0.3 is 0 Å². The van der Waals surface area contributed by atoms with Gasteiger partial charge < -0.3 is 13.9 Å². The zero-order chi connectivity index (χ0) is 41.7. The number of benzene rings is 10. The van der Waals surface area contributed by atoms with Gasteiger partial charge in [0.1, 0.15) is 11.2 Å². The zero-order valence-corrected chi connectivity index (χ0v) is 34.4. The summed E-state index contributed by atoms with van der Waals surface area (Å²) >= 11 is 0. The number of hydrogen-bond acceptors (Lipinski definition) is 2. The van der Waals surface area contributed by atoms with Gasteiger partial charge in [0.2, 0.25) is 0 Å². The van der Waals surface area contributed by atoms with Crippen molar-refractivity contribution in [2.24, 2.45) is 0 Å². The van der Waals surface area contributed by atoms with Crippen LogP contribution in [0.5, 0.6) is 0 Å². The van der Waals surface area contributed by atoms with Crippen LogP contribution in [0.3, 0.4) is 0 Å². The molecule has 296 valence electrons. The summed E-state index contributed by atoms with van der Waals surface area (Å²) in [6.45, 7) is 0. The predicted octanol–water partition coefficient (Wildman–Crippen LogP) is 16.8. The van der Waals surface area contributed by atoms with Crippen molar-refractivity contribution in [1.29, 1.82) is 0 Å². The van der Waals surface area contributed by atoms with Crippen LogP contribution >= 0.6 is 0 Å². The molecule has 0 bridgehead atoms. The minimum Gasteiger partial charge on any atom is -0.455 e. The summed E-state index contributed by atoms with van der Waals surface area (Å²) in [5, 5.41) is 4.74. The van der Waals surface area contributed by atoms with Crippen molar-refractivity contribution in [3.63, 3.8) is 0 Å². The molecule has 3 nitrogen and oxygen atoms in total. The molecule has 0 atom stereocenters. The van der Waals surface area contributed by atoms with Crippen LogP contribution < -0.4 is 4.90 Å². The molecule has 2 aromatic heterocycles. The monoisotopic (exact) mass is 804 g/mol. The van der Waals surface area contributed by atoms with Gasteiger partial charge in [0.25, 0.3) is 0 Å². The highest BCUT2D eigenvalue weighted by Crippen LogP contribution is 2.44. The Bertz CT molecular complexity index is 3550. The molecule has 10 aromatic carbocycles. The maximum atomic E-state index is 6.46. The number of anilines is 3. The van der Waals surface area contributed by atoms with Crippen molar-refractivity contribution >= 4 is 60.8 Å². The Balaban J connectivity index is 1.00. The summed E-state index contributed by atoms with van der Waals surface area (Å²) < 4.78 is 8.90. The van der Waals surface area contributed by atoms with Crippen LogP contribution in [0.15, 0.2) is 247 Å². The lowest BCUT2D eigenvalue weighted by Crippen LogP contribution is -2.11. The van der Waals surface area contributed by atoms with Crippen molar-refractivity contribution < 1.29 is 4.42 Å². The summed E-state index contributed by atoms with van der Waals surface area (Å²) in [5.74, 6) is 0. The molecule has 12 aromatic rings. The van der Waals surface area contributed by atoms with Crippen molar-refractivity contribution in [3.05, 3.63) is 243 Å². The van der Waals surface area contributed by atoms with E-state index in [0.717, 1.165) is 78.1 Å². The normalized spacial score (nSPS) is 11.5. The quantitative estimate of drug-likeness (QED) is 0.153. The number of nitrogens with zero attached hydrogens (tertiary/aromatic N) is 2. The van der Waals surface area contributed by atoms with E-state index in [-0.39, 0.29) is 0 Å². The molecular weight excluding hydrogens is 765 g/mol. The molecule has 0 N–H and O–H groups in total. The number of hydrogen-bond donors (Lipinski definition) is 0. The summed E-state index contributed by atoms with van der Waals surface area (Å²) in [7, 11) is 0. The molecule has 0 unspecified atom stereocenters. The van der Waals surface area contributed by atoms with E-state index in [1.165, 1.54) is 32.9 Å². The molecule has 0 fully saturated rings. The van der Waals surface area contributed by atoms with Crippen molar-refractivity contribution in [3.8, 4) is 50.2 Å². The average Bonchev–Trinajstić information content (AvgIpc) is 3.91. The fourth-order valence-electron chi connectivity index (χ4n) is 9.47. The number of fused-ring (bicyclic) bond motifs is 6. The number of rotatable bonds is 8. The Morgan fingerprint density at radius 2 is 0.810 bits per heavy atom. The first-order valence-corrected chi connectivity index (χ1v) is 21.5. The molecular formula is C60H40N2O. The van der Waals surface area contributed by atoms with E-state index in [4.69, 9.17) is 4.42 Å². The fraction of sp³-hybridized carbons (Fsp3) is 0. The highest BCUT2D eigenvalue weighted by Gasteiger charge is 2.20. The van der Waals surface area contributed by atoms with E-state index in [1.54, 1.807) is 0 Å². The highest BCUT2D eigenvalue weighted by atomic mass is 16.3. The van der Waals surface area contributed by atoms with Crippen LogP contribution in [0.2, 0.25) is 0 Å². The lowest BCUT2D eigenvalue weighted by atomic mass is 9.97. The van der Waals surface area contributed by atoms with E-state index in [2.05, 4.69) is 240 Å². The summed E-state index contributed by atoms with van der Waals surface area (Å²) in [6, 6.07) is 87.1. The lowest BCUT2D eigenvalue weighted by Gasteiger charge is -2.28. The molecule has 63 heavy (non-hydrogen) atoms. The van der Waals surface area contributed by atoms with Crippen LogP contribution in [0.4, 0.5) is 17.1 Å². The number of aromatic nitrogens is 1. The molecule has 0 aliphatic heterocycles. The van der Waals surface area contributed by atoms with Gasteiger partial charge in [0, 0.05) is 49.6 Å². The highest BCUT2D eigenvalue weighted by molar-refractivity contribution is 6.11. The van der Waals surface area contributed by atoms with Gasteiger partial charge in [-0.1, -0.05) is 188 Å². The van der Waals surface area contributed by atoms with E-state index in [9.17, 15) is 0 Å². The lowest BCUT2D eigenvalue weighted by molar-refractivity contribution is 0.670. The smallest absolute Gasteiger partial charge is 0.143 e. The van der Waals surface area contributed by atoms with Gasteiger partial charge in [-0.3, -0.25) is 0 Å². The first-order chi connectivity index (χ1) is 31.3. The van der Waals surface area contributed by atoms with Crippen LogP contribution in [0.25, 0.3) is 93.9 Å². The van der Waals surface area contributed by atoms with Gasteiger partial charge in [0.05, 0.1) is 22.4 Å². The molecule has 0 spiro atoms. The van der Waals surface area contributed by atoms with Crippen molar-refractivity contribution in [2.45, 2.75) is 0 Å². The first kappa shape index (κ1) is 36.5. The third-order valence-electron chi connectivity index (χ3n) is 12.4. The number of para-hydroxylation sites is 5. The van der Waals surface area contributed by atoms with E-state index < -0.39 is 0 Å². The summed E-state index contributed by atoms with van der Waals surface area (Å²) in [5.41, 5.74) is 17.7. The molecule has 0 saturated heterocycles. The molecule has 3 heteroatoms. The SMILES string of the molecule is c1ccc(-c2ccc(-c3ccc(N(c4ccc(-c5cccc6c5oc5ccccc56)cc4)c4ccccc4-c4ccccc4)cc3)c(-n3c4ccccc4c4ccccc43)c2)cc1. The second-order valence-corrected chi connectivity index (χ2v) is 16.1. The maximum Gasteiger partial charge on any atom is 0.143 e. The van der Waals surface area contributed by atoms with Crippen molar-refractivity contribution in [2.75, 3.05) is 4.90 Å². The van der Waals surface area contributed by atoms with Crippen LogP contribution in [0, 0.1) is 0 Å². The largest absolute Gasteiger partial charge is 0.455 e. The molecule has 0 aliphatic carbocycles. The Labute approximate surface area is 366 Å². The fourth-order valence-corrected chi connectivity index (χ4v) is 9.47. The molecule has 0 saturated carbocycles. The molecule has 0 aliphatic rings. The van der Waals surface area contributed by atoms with E-state index >= 15 is 0 Å². The number of furan rings is 1. The third kappa shape index (κ3) is 6.29. The summed E-state index contributed by atoms with van der Waals surface area (Å²) in [6.07, 6.45) is 0. The molecule has 0 radical (unpaired) electrons. The van der Waals surface area contributed by atoms with Gasteiger partial charge in [-0.2, -0.15) is 0 Å². The topological polar surface area (TPSA) is 21.3 Å². The second kappa shape index (κ2) is 15.3. The molecule has 12 rings (SSSR count). The van der Waals surface area contributed by atoms with E-state index in [1.807, 2.05) is 12.1 Å². The Morgan fingerprint density at radius 1 is 0.317 bits per heavy atom.